The number of sulfonamides is 1. The molecule has 0 radical (unpaired) electrons. The SMILES string of the molecule is CCCNCc1ccc(S(=O)(=O)Nc2ccn(C)n2)cc1. The second kappa shape index (κ2) is 6.73. The van der Waals surface area contributed by atoms with Gasteiger partial charge in [-0.2, -0.15) is 5.10 Å². The maximum atomic E-state index is 12.2. The topological polar surface area (TPSA) is 76.0 Å². The van der Waals surface area contributed by atoms with Crippen molar-refractivity contribution in [3.05, 3.63) is 42.1 Å². The van der Waals surface area contributed by atoms with Crippen molar-refractivity contribution in [3.63, 3.8) is 0 Å². The Morgan fingerprint density at radius 2 is 1.90 bits per heavy atom. The molecule has 1 aromatic heterocycles. The van der Waals surface area contributed by atoms with Gasteiger partial charge in [-0.3, -0.25) is 9.40 Å². The third-order valence-corrected chi connectivity index (χ3v) is 4.31. The Morgan fingerprint density at radius 3 is 2.48 bits per heavy atom. The van der Waals surface area contributed by atoms with Crippen LogP contribution in [0.25, 0.3) is 0 Å². The molecule has 0 spiro atoms. The van der Waals surface area contributed by atoms with Crippen molar-refractivity contribution in [2.45, 2.75) is 24.8 Å². The molecule has 1 heterocycles. The summed E-state index contributed by atoms with van der Waals surface area (Å²) in [5, 5.41) is 7.28. The van der Waals surface area contributed by atoms with E-state index in [1.165, 1.54) is 0 Å². The molecule has 2 aromatic rings. The summed E-state index contributed by atoms with van der Waals surface area (Å²) in [5.74, 6) is 0.311. The van der Waals surface area contributed by atoms with Gasteiger partial charge in [0.1, 0.15) is 0 Å². The normalized spacial score (nSPS) is 11.5. The van der Waals surface area contributed by atoms with Crippen molar-refractivity contribution in [1.82, 2.24) is 15.1 Å². The predicted octanol–water partition coefficient (Wildman–Crippen LogP) is 1.72. The zero-order chi connectivity index (χ0) is 15.3. The van der Waals surface area contributed by atoms with Gasteiger partial charge in [0.05, 0.1) is 4.90 Å². The molecule has 0 aliphatic heterocycles. The van der Waals surface area contributed by atoms with Crippen molar-refractivity contribution < 1.29 is 8.42 Å². The minimum absolute atomic E-state index is 0.229. The van der Waals surface area contributed by atoms with E-state index in [1.54, 1.807) is 36.1 Å². The summed E-state index contributed by atoms with van der Waals surface area (Å²) in [6.45, 7) is 3.79. The first-order chi connectivity index (χ1) is 10.0. The van der Waals surface area contributed by atoms with Crippen LogP contribution in [0.3, 0.4) is 0 Å². The van der Waals surface area contributed by atoms with Crippen LogP contribution >= 0.6 is 0 Å². The van der Waals surface area contributed by atoms with Crippen LogP contribution in [0.4, 0.5) is 5.82 Å². The molecule has 0 aliphatic carbocycles. The number of rotatable bonds is 7. The van der Waals surface area contributed by atoms with Gasteiger partial charge in [-0.15, -0.1) is 0 Å². The lowest BCUT2D eigenvalue weighted by Crippen LogP contribution is -2.15. The molecule has 7 heteroatoms. The number of nitrogens with zero attached hydrogens (tertiary/aromatic N) is 2. The van der Waals surface area contributed by atoms with E-state index in [1.807, 2.05) is 12.1 Å². The van der Waals surface area contributed by atoms with Gasteiger partial charge in [0.25, 0.3) is 10.0 Å². The van der Waals surface area contributed by atoms with Crippen molar-refractivity contribution in [1.29, 1.82) is 0 Å². The van der Waals surface area contributed by atoms with Gasteiger partial charge in [-0.05, 0) is 30.7 Å². The lowest BCUT2D eigenvalue weighted by atomic mass is 10.2. The van der Waals surface area contributed by atoms with Crippen LogP contribution in [0, 0.1) is 0 Å². The van der Waals surface area contributed by atoms with Crippen molar-refractivity contribution in [2.75, 3.05) is 11.3 Å². The van der Waals surface area contributed by atoms with Crippen LogP contribution < -0.4 is 10.0 Å². The van der Waals surface area contributed by atoms with Crippen molar-refractivity contribution in [3.8, 4) is 0 Å². The molecular formula is C14H20N4O2S. The lowest BCUT2D eigenvalue weighted by molar-refractivity contribution is 0.600. The Labute approximate surface area is 125 Å². The first-order valence-electron chi connectivity index (χ1n) is 6.83. The third kappa shape index (κ3) is 4.30. The number of aryl methyl sites for hydroxylation is 1. The molecular weight excluding hydrogens is 288 g/mol. The Morgan fingerprint density at radius 1 is 1.19 bits per heavy atom. The average molecular weight is 308 g/mol. The molecule has 1 aromatic carbocycles. The highest BCUT2D eigenvalue weighted by molar-refractivity contribution is 7.92. The first-order valence-corrected chi connectivity index (χ1v) is 8.31. The fraction of sp³-hybridized carbons (Fsp3) is 0.357. The van der Waals surface area contributed by atoms with E-state index in [0.717, 1.165) is 25.1 Å². The fourth-order valence-corrected chi connectivity index (χ4v) is 2.86. The minimum Gasteiger partial charge on any atom is -0.313 e. The highest BCUT2D eigenvalue weighted by atomic mass is 32.2. The van der Waals surface area contributed by atoms with Gasteiger partial charge < -0.3 is 5.32 Å². The molecule has 0 fully saturated rings. The number of nitrogens with one attached hydrogen (secondary N) is 2. The Kier molecular flexibility index (Phi) is 4.98. The molecule has 0 aliphatic rings. The van der Waals surface area contributed by atoms with Crippen LogP contribution in [0.2, 0.25) is 0 Å². The third-order valence-electron chi connectivity index (χ3n) is 2.94. The molecule has 2 rings (SSSR count). The molecule has 6 nitrogen and oxygen atoms in total. The zero-order valence-electron chi connectivity index (χ0n) is 12.2. The molecule has 0 atom stereocenters. The van der Waals surface area contributed by atoms with E-state index < -0.39 is 10.0 Å². The monoisotopic (exact) mass is 308 g/mol. The Bertz CT molecular complexity index is 677. The molecule has 0 saturated heterocycles. The highest BCUT2D eigenvalue weighted by Crippen LogP contribution is 2.15. The first kappa shape index (κ1) is 15.5. The second-order valence-corrected chi connectivity index (χ2v) is 6.48. The fourth-order valence-electron chi connectivity index (χ4n) is 1.86. The van der Waals surface area contributed by atoms with Gasteiger partial charge in [0, 0.05) is 25.9 Å². The summed E-state index contributed by atoms with van der Waals surface area (Å²) in [5.41, 5.74) is 1.06. The Hall–Kier alpha value is -1.86. The van der Waals surface area contributed by atoms with Gasteiger partial charge >= 0.3 is 0 Å². The molecule has 114 valence electrons. The van der Waals surface area contributed by atoms with Gasteiger partial charge in [0.2, 0.25) is 0 Å². The summed E-state index contributed by atoms with van der Waals surface area (Å²) in [6, 6.07) is 8.45. The van der Waals surface area contributed by atoms with Crippen molar-refractivity contribution in [2.24, 2.45) is 7.05 Å². The van der Waals surface area contributed by atoms with E-state index >= 15 is 0 Å². The van der Waals surface area contributed by atoms with E-state index in [2.05, 4.69) is 22.1 Å². The van der Waals surface area contributed by atoms with Crippen molar-refractivity contribution >= 4 is 15.8 Å². The Balaban J connectivity index is 2.06. The molecule has 0 amide bonds. The number of benzene rings is 1. The van der Waals surface area contributed by atoms with E-state index in [0.29, 0.717) is 5.82 Å². The van der Waals surface area contributed by atoms with Crippen LogP contribution in [-0.2, 0) is 23.6 Å². The van der Waals surface area contributed by atoms with Gasteiger partial charge in [0.15, 0.2) is 5.82 Å². The van der Waals surface area contributed by atoms with Crippen LogP contribution in [0.5, 0.6) is 0 Å². The minimum atomic E-state index is -3.59. The van der Waals surface area contributed by atoms with Crippen LogP contribution in [0.15, 0.2) is 41.4 Å². The smallest absolute Gasteiger partial charge is 0.263 e. The number of hydrogen-bond donors (Lipinski definition) is 2. The van der Waals surface area contributed by atoms with E-state index in [9.17, 15) is 8.42 Å². The summed E-state index contributed by atoms with van der Waals surface area (Å²) in [7, 11) is -1.86. The summed E-state index contributed by atoms with van der Waals surface area (Å²) < 4.78 is 28.4. The number of aromatic nitrogens is 2. The standard InChI is InChI=1S/C14H20N4O2S/c1-3-9-15-11-12-4-6-13(7-5-12)21(19,20)17-14-8-10-18(2)16-14/h4-8,10,15H,3,9,11H2,1-2H3,(H,16,17). The van der Waals surface area contributed by atoms with Gasteiger partial charge in [-0.25, -0.2) is 8.42 Å². The highest BCUT2D eigenvalue weighted by Gasteiger charge is 2.15. The lowest BCUT2D eigenvalue weighted by Gasteiger charge is -2.07. The summed E-state index contributed by atoms with van der Waals surface area (Å²) in [6.07, 6.45) is 2.75. The van der Waals surface area contributed by atoms with Crippen LogP contribution in [0.1, 0.15) is 18.9 Å². The summed E-state index contributed by atoms with van der Waals surface area (Å²) in [4.78, 5) is 0.229. The maximum absolute atomic E-state index is 12.2. The quantitative estimate of drug-likeness (QED) is 0.764. The molecule has 2 N–H and O–H groups in total. The second-order valence-electron chi connectivity index (χ2n) is 4.80. The molecule has 0 saturated carbocycles. The number of hydrogen-bond acceptors (Lipinski definition) is 4. The predicted molar refractivity (Wildman–Crippen MR) is 82.5 cm³/mol. The van der Waals surface area contributed by atoms with Gasteiger partial charge in [-0.1, -0.05) is 19.1 Å². The maximum Gasteiger partial charge on any atom is 0.263 e. The number of anilines is 1. The average Bonchev–Trinajstić information content (AvgIpc) is 2.84. The summed E-state index contributed by atoms with van der Waals surface area (Å²) >= 11 is 0. The molecule has 0 unspecified atom stereocenters. The molecule has 0 bridgehead atoms. The van der Waals surface area contributed by atoms with E-state index in [-0.39, 0.29) is 4.90 Å². The largest absolute Gasteiger partial charge is 0.313 e. The van der Waals surface area contributed by atoms with Crippen LogP contribution in [-0.4, -0.2) is 24.7 Å². The van der Waals surface area contributed by atoms with E-state index in [4.69, 9.17) is 0 Å². The molecule has 21 heavy (non-hydrogen) atoms. The zero-order valence-corrected chi connectivity index (χ0v) is 13.0.